The molecular weight excluding hydrogens is 473 g/mol. The van der Waals surface area contributed by atoms with E-state index >= 15 is 0 Å². The lowest BCUT2D eigenvalue weighted by molar-refractivity contribution is -0.128. The molecule has 3 aliphatic heterocycles. The smallest absolute Gasteiger partial charge is 0.246 e. The first-order chi connectivity index (χ1) is 18.0. The highest BCUT2D eigenvalue weighted by Crippen LogP contribution is 2.56. The van der Waals surface area contributed by atoms with Gasteiger partial charge in [0, 0.05) is 12.2 Å². The van der Waals surface area contributed by atoms with Crippen LogP contribution in [-0.4, -0.2) is 35.5 Å². The minimum atomic E-state index is -1.32. The molecule has 8 heteroatoms. The van der Waals surface area contributed by atoms with Gasteiger partial charge in [-0.15, -0.1) is 0 Å². The average molecular weight is 498 g/mol. The number of amides is 3. The first-order valence-corrected chi connectivity index (χ1v) is 12.1. The molecule has 3 aromatic rings. The van der Waals surface area contributed by atoms with Crippen LogP contribution in [0.5, 0.6) is 0 Å². The summed E-state index contributed by atoms with van der Waals surface area (Å²) in [7, 11) is 0. The zero-order valence-corrected chi connectivity index (χ0v) is 19.7. The van der Waals surface area contributed by atoms with E-state index in [0.717, 1.165) is 5.56 Å². The van der Waals surface area contributed by atoms with E-state index in [1.807, 2.05) is 36.4 Å². The van der Waals surface area contributed by atoms with Crippen molar-refractivity contribution in [2.24, 2.45) is 11.8 Å². The number of ether oxygens (including phenoxy) is 1. The number of hydrogen-bond acceptors (Lipinski definition) is 4. The second-order valence-corrected chi connectivity index (χ2v) is 9.42. The highest BCUT2D eigenvalue weighted by Gasteiger charge is 2.73. The molecule has 3 aliphatic rings. The summed E-state index contributed by atoms with van der Waals surface area (Å²) in [6, 6.07) is 23.2. The molecule has 3 heterocycles. The third-order valence-corrected chi connectivity index (χ3v) is 7.30. The Morgan fingerprint density at radius 1 is 0.919 bits per heavy atom. The largest absolute Gasteiger partial charge is 0.359 e. The fourth-order valence-electron chi connectivity index (χ4n) is 5.70. The normalized spacial score (nSPS) is 27.3. The summed E-state index contributed by atoms with van der Waals surface area (Å²) in [4.78, 5) is 42.5. The Morgan fingerprint density at radius 3 is 2.32 bits per heavy atom. The van der Waals surface area contributed by atoms with Crippen LogP contribution >= 0.6 is 0 Å². The van der Waals surface area contributed by atoms with E-state index in [4.69, 9.17) is 4.74 Å². The number of hydrogen-bond donors (Lipinski definition) is 2. The molecular formula is C29H24FN3O4. The van der Waals surface area contributed by atoms with Crippen LogP contribution in [-0.2, 0) is 25.7 Å². The maximum absolute atomic E-state index is 14.3. The Hall–Kier alpha value is -4.30. The van der Waals surface area contributed by atoms with Gasteiger partial charge in [0.15, 0.2) is 0 Å². The number of nitrogens with zero attached hydrogens (tertiary/aromatic N) is 1. The van der Waals surface area contributed by atoms with E-state index in [9.17, 15) is 18.8 Å². The number of rotatable bonds is 6. The van der Waals surface area contributed by atoms with Gasteiger partial charge in [-0.05, 0) is 29.8 Å². The standard InChI is InChI=1S/C29H24FN3O4/c30-20-13-7-8-14-21(20)32-26(34)23-22-15-16-29(37-22)24(23)28(36)33(19-11-5-2-6-12-19)25(29)27(35)31-17-18-9-3-1-4-10-18/h1-16,22-25H,17H2,(H,31,35)(H,32,34)/t22-,23-,24+,25+,29-/m1/s1. The average Bonchev–Trinajstić information content (AvgIpc) is 3.57. The lowest BCUT2D eigenvalue weighted by atomic mass is 9.74. The van der Waals surface area contributed by atoms with Gasteiger partial charge in [-0.25, -0.2) is 4.39 Å². The maximum atomic E-state index is 14.3. The van der Waals surface area contributed by atoms with E-state index in [1.165, 1.54) is 23.1 Å². The van der Waals surface area contributed by atoms with Crippen molar-refractivity contribution in [3.63, 3.8) is 0 Å². The van der Waals surface area contributed by atoms with Crippen molar-refractivity contribution in [2.45, 2.75) is 24.3 Å². The molecule has 2 bridgehead atoms. The Kier molecular flexibility index (Phi) is 5.61. The number of para-hydroxylation sites is 2. The SMILES string of the molecule is O=C(Nc1ccccc1F)[C@H]1[C@H]2C(=O)N(c3ccccc3)[C@@H](C(=O)NCc3ccccc3)[C@@]23C=C[C@H]1O3. The van der Waals surface area contributed by atoms with Gasteiger partial charge in [-0.2, -0.15) is 0 Å². The minimum Gasteiger partial charge on any atom is -0.359 e. The van der Waals surface area contributed by atoms with E-state index < -0.39 is 41.3 Å². The molecule has 0 aliphatic carbocycles. The molecule has 3 amide bonds. The second-order valence-electron chi connectivity index (χ2n) is 9.42. The number of carbonyl (C=O) groups excluding carboxylic acids is 3. The summed E-state index contributed by atoms with van der Waals surface area (Å²) in [5.41, 5.74) is 0.144. The molecule has 2 saturated heterocycles. The maximum Gasteiger partial charge on any atom is 0.246 e. The summed E-state index contributed by atoms with van der Waals surface area (Å²) in [5, 5.41) is 5.56. The fraction of sp³-hybridized carbons (Fsp3) is 0.207. The van der Waals surface area contributed by atoms with Crippen LogP contribution in [0.4, 0.5) is 15.8 Å². The lowest BCUT2D eigenvalue weighted by Gasteiger charge is -2.32. The Bertz CT molecular complexity index is 1400. The molecule has 3 aromatic carbocycles. The van der Waals surface area contributed by atoms with Crippen LogP contribution in [0, 0.1) is 17.7 Å². The molecule has 186 valence electrons. The van der Waals surface area contributed by atoms with E-state index in [1.54, 1.807) is 42.5 Å². The molecule has 2 fully saturated rings. The van der Waals surface area contributed by atoms with Crippen molar-refractivity contribution in [3.05, 3.63) is 108 Å². The highest BCUT2D eigenvalue weighted by atomic mass is 19.1. The summed E-state index contributed by atoms with van der Waals surface area (Å²) in [5.74, 6) is -3.74. The van der Waals surface area contributed by atoms with Crippen molar-refractivity contribution >= 4 is 29.1 Å². The topological polar surface area (TPSA) is 87.7 Å². The van der Waals surface area contributed by atoms with Crippen LogP contribution in [0.1, 0.15) is 5.56 Å². The van der Waals surface area contributed by atoms with Gasteiger partial charge in [0.05, 0.1) is 23.6 Å². The predicted octanol–water partition coefficient (Wildman–Crippen LogP) is 3.44. The van der Waals surface area contributed by atoms with Crippen LogP contribution < -0.4 is 15.5 Å². The fourth-order valence-corrected chi connectivity index (χ4v) is 5.70. The number of benzene rings is 3. The van der Waals surface area contributed by atoms with Crippen LogP contribution in [0.15, 0.2) is 97.1 Å². The summed E-state index contributed by atoms with van der Waals surface area (Å²) < 4.78 is 20.6. The third-order valence-electron chi connectivity index (χ3n) is 7.30. The van der Waals surface area contributed by atoms with Gasteiger partial charge in [0.2, 0.25) is 17.7 Å². The second kappa shape index (κ2) is 8.97. The number of halogens is 1. The van der Waals surface area contributed by atoms with E-state index in [-0.39, 0.29) is 24.0 Å². The number of carbonyl (C=O) groups is 3. The van der Waals surface area contributed by atoms with Crippen LogP contribution in [0.2, 0.25) is 0 Å². The molecule has 0 radical (unpaired) electrons. The van der Waals surface area contributed by atoms with Crippen LogP contribution in [0.25, 0.3) is 0 Å². The predicted molar refractivity (Wildman–Crippen MR) is 135 cm³/mol. The zero-order valence-electron chi connectivity index (χ0n) is 19.7. The summed E-state index contributed by atoms with van der Waals surface area (Å²) >= 11 is 0. The summed E-state index contributed by atoms with van der Waals surface area (Å²) in [6.07, 6.45) is 2.76. The van der Waals surface area contributed by atoms with Gasteiger partial charge in [0.25, 0.3) is 0 Å². The molecule has 1 spiro atoms. The van der Waals surface area contributed by atoms with Gasteiger partial charge in [-0.3, -0.25) is 19.3 Å². The molecule has 5 atom stereocenters. The molecule has 6 rings (SSSR count). The number of anilines is 2. The van der Waals surface area contributed by atoms with Crippen molar-refractivity contribution in [1.29, 1.82) is 0 Å². The lowest BCUT2D eigenvalue weighted by Crippen LogP contribution is -2.54. The Morgan fingerprint density at radius 2 is 1.59 bits per heavy atom. The molecule has 0 aromatic heterocycles. The van der Waals surface area contributed by atoms with Crippen molar-refractivity contribution in [3.8, 4) is 0 Å². The zero-order chi connectivity index (χ0) is 25.6. The monoisotopic (exact) mass is 497 g/mol. The summed E-state index contributed by atoms with van der Waals surface area (Å²) in [6.45, 7) is 0.276. The van der Waals surface area contributed by atoms with E-state index in [2.05, 4.69) is 10.6 Å². The molecule has 7 nitrogen and oxygen atoms in total. The first kappa shape index (κ1) is 23.1. The van der Waals surface area contributed by atoms with Crippen LogP contribution in [0.3, 0.4) is 0 Å². The first-order valence-electron chi connectivity index (χ1n) is 12.1. The van der Waals surface area contributed by atoms with Gasteiger partial charge < -0.3 is 15.4 Å². The quantitative estimate of drug-likeness (QED) is 0.511. The molecule has 37 heavy (non-hydrogen) atoms. The third kappa shape index (κ3) is 3.72. The van der Waals surface area contributed by atoms with Crippen molar-refractivity contribution in [1.82, 2.24) is 5.32 Å². The Balaban J connectivity index is 1.35. The number of nitrogens with one attached hydrogen (secondary N) is 2. The van der Waals surface area contributed by atoms with Crippen molar-refractivity contribution < 1.29 is 23.5 Å². The molecule has 2 N–H and O–H groups in total. The Labute approximate surface area is 212 Å². The van der Waals surface area contributed by atoms with E-state index in [0.29, 0.717) is 5.69 Å². The van der Waals surface area contributed by atoms with Crippen molar-refractivity contribution in [2.75, 3.05) is 10.2 Å². The number of fused-ring (bicyclic) bond motifs is 1. The van der Waals surface area contributed by atoms with Gasteiger partial charge in [-0.1, -0.05) is 72.8 Å². The molecule has 0 unspecified atom stereocenters. The highest BCUT2D eigenvalue weighted by molar-refractivity contribution is 6.11. The minimum absolute atomic E-state index is 0.0239. The van der Waals surface area contributed by atoms with Gasteiger partial charge >= 0.3 is 0 Å². The van der Waals surface area contributed by atoms with Gasteiger partial charge in [0.1, 0.15) is 17.5 Å². The molecule has 0 saturated carbocycles.